The molecule has 0 amide bonds. The van der Waals surface area contributed by atoms with Crippen molar-refractivity contribution in [2.24, 2.45) is 5.84 Å². The molecule has 0 atom stereocenters. The van der Waals surface area contributed by atoms with E-state index in [2.05, 4.69) is 30.3 Å². The maximum atomic E-state index is 5.34. The van der Waals surface area contributed by atoms with Crippen molar-refractivity contribution >= 4 is 23.7 Å². The lowest BCUT2D eigenvalue weighted by Crippen LogP contribution is -2.17. The van der Waals surface area contributed by atoms with Gasteiger partial charge in [0.1, 0.15) is 0 Å². The number of aromatic nitrogens is 5. The zero-order valence-corrected chi connectivity index (χ0v) is 11.6. The molecular formula is C10H14N8S. The van der Waals surface area contributed by atoms with Crippen LogP contribution in [0.2, 0.25) is 0 Å². The molecule has 0 spiro atoms. The molecule has 0 aromatic carbocycles. The molecule has 9 heteroatoms. The first-order valence-electron chi connectivity index (χ1n) is 5.45. The molecule has 0 saturated heterocycles. The number of aryl methyl sites for hydroxylation is 1. The number of hydrogen-bond donors (Lipinski definition) is 2. The molecule has 2 heterocycles. The fraction of sp³-hybridized carbons (Fsp3) is 0.300. The fourth-order valence-corrected chi connectivity index (χ4v) is 1.80. The summed E-state index contributed by atoms with van der Waals surface area (Å²) in [5, 5.41) is 1.06. The van der Waals surface area contributed by atoms with Gasteiger partial charge < -0.3 is 4.90 Å². The molecule has 0 radical (unpaired) electrons. The Morgan fingerprint density at radius 1 is 1.11 bits per heavy atom. The molecular weight excluding hydrogens is 264 g/mol. The molecule has 0 unspecified atom stereocenters. The first-order chi connectivity index (χ1) is 9.08. The molecule has 0 bridgehead atoms. The van der Waals surface area contributed by atoms with Gasteiger partial charge in [-0.2, -0.15) is 15.0 Å². The van der Waals surface area contributed by atoms with E-state index in [1.165, 1.54) is 11.8 Å². The Morgan fingerprint density at radius 2 is 1.79 bits per heavy atom. The van der Waals surface area contributed by atoms with Crippen LogP contribution in [0, 0.1) is 6.92 Å². The quantitative estimate of drug-likeness (QED) is 0.469. The number of hydrazine groups is 1. The minimum atomic E-state index is 0.299. The Labute approximate surface area is 114 Å². The number of anilines is 2. The van der Waals surface area contributed by atoms with Crippen molar-refractivity contribution in [1.29, 1.82) is 0 Å². The Kier molecular flexibility index (Phi) is 4.07. The fourth-order valence-electron chi connectivity index (χ4n) is 1.17. The van der Waals surface area contributed by atoms with Crippen LogP contribution >= 0.6 is 11.8 Å². The predicted molar refractivity (Wildman–Crippen MR) is 72.9 cm³/mol. The van der Waals surface area contributed by atoms with E-state index in [-0.39, 0.29) is 0 Å². The van der Waals surface area contributed by atoms with Crippen molar-refractivity contribution < 1.29 is 0 Å². The molecule has 19 heavy (non-hydrogen) atoms. The lowest BCUT2D eigenvalue weighted by Gasteiger charge is -2.11. The summed E-state index contributed by atoms with van der Waals surface area (Å²) in [4.78, 5) is 22.7. The van der Waals surface area contributed by atoms with Crippen LogP contribution in [-0.2, 0) is 0 Å². The van der Waals surface area contributed by atoms with Crippen LogP contribution in [0.5, 0.6) is 0 Å². The van der Waals surface area contributed by atoms with Crippen molar-refractivity contribution in [3.05, 3.63) is 18.0 Å². The van der Waals surface area contributed by atoms with Crippen LogP contribution in [-0.4, -0.2) is 39.0 Å². The van der Waals surface area contributed by atoms with Crippen LogP contribution < -0.4 is 16.2 Å². The van der Waals surface area contributed by atoms with Crippen molar-refractivity contribution in [3.8, 4) is 0 Å². The molecule has 100 valence electrons. The Hall–Kier alpha value is -2.00. The highest BCUT2D eigenvalue weighted by Gasteiger charge is 2.10. The summed E-state index contributed by atoms with van der Waals surface area (Å²) in [6.45, 7) is 1.93. The van der Waals surface area contributed by atoms with Crippen molar-refractivity contribution in [2.75, 3.05) is 24.4 Å². The summed E-state index contributed by atoms with van der Waals surface area (Å²) in [7, 11) is 3.68. The third-order valence-corrected chi connectivity index (χ3v) is 2.83. The SMILES string of the molecule is Cc1cnc(Sc2nc(NN)nc(N(C)C)n2)nc1. The van der Waals surface area contributed by atoms with Gasteiger partial charge in [0.25, 0.3) is 0 Å². The summed E-state index contributed by atoms with van der Waals surface area (Å²) >= 11 is 1.25. The van der Waals surface area contributed by atoms with Gasteiger partial charge >= 0.3 is 0 Å². The van der Waals surface area contributed by atoms with Gasteiger partial charge in [0.15, 0.2) is 5.16 Å². The molecule has 2 rings (SSSR count). The Morgan fingerprint density at radius 3 is 2.37 bits per heavy atom. The van der Waals surface area contributed by atoms with Crippen molar-refractivity contribution in [2.45, 2.75) is 17.2 Å². The Balaban J connectivity index is 2.28. The van der Waals surface area contributed by atoms with Gasteiger partial charge in [-0.25, -0.2) is 15.8 Å². The van der Waals surface area contributed by atoms with Gasteiger partial charge in [-0.3, -0.25) is 5.43 Å². The smallest absolute Gasteiger partial charge is 0.242 e. The van der Waals surface area contributed by atoms with Gasteiger partial charge in [-0.05, 0) is 24.2 Å². The largest absolute Gasteiger partial charge is 0.347 e. The summed E-state index contributed by atoms with van der Waals surface area (Å²) < 4.78 is 0. The van der Waals surface area contributed by atoms with Gasteiger partial charge in [0.05, 0.1) is 0 Å². The second-order valence-electron chi connectivity index (χ2n) is 3.93. The standard InChI is InChI=1S/C10H14N8S/c1-6-4-12-9(13-5-6)19-10-15-7(17-11)14-8(16-10)18(2)3/h4-5H,11H2,1-3H3,(H,14,15,16,17). The predicted octanol–water partition coefficient (Wildman–Crippen LogP) is 0.473. The molecule has 0 aliphatic heterocycles. The average molecular weight is 278 g/mol. The Bertz CT molecular complexity index is 556. The number of nitrogens with two attached hydrogens (primary N) is 1. The minimum absolute atomic E-state index is 0.299. The van der Waals surface area contributed by atoms with Gasteiger partial charge in [-0.15, -0.1) is 0 Å². The van der Waals surface area contributed by atoms with E-state index < -0.39 is 0 Å². The van der Waals surface area contributed by atoms with Crippen LogP contribution in [0.3, 0.4) is 0 Å². The number of rotatable bonds is 4. The van der Waals surface area contributed by atoms with Gasteiger partial charge in [0, 0.05) is 26.5 Å². The zero-order valence-electron chi connectivity index (χ0n) is 10.8. The van der Waals surface area contributed by atoms with E-state index in [1.807, 2.05) is 21.0 Å². The van der Waals surface area contributed by atoms with Crippen molar-refractivity contribution in [1.82, 2.24) is 24.9 Å². The van der Waals surface area contributed by atoms with Crippen LogP contribution in [0.15, 0.2) is 22.7 Å². The van der Waals surface area contributed by atoms with E-state index in [9.17, 15) is 0 Å². The average Bonchev–Trinajstić information content (AvgIpc) is 2.41. The number of hydrogen-bond acceptors (Lipinski definition) is 9. The summed E-state index contributed by atoms with van der Waals surface area (Å²) in [5.74, 6) is 6.15. The van der Waals surface area contributed by atoms with E-state index in [0.29, 0.717) is 22.2 Å². The molecule has 0 fully saturated rings. The number of nitrogens with one attached hydrogen (secondary N) is 1. The summed E-state index contributed by atoms with van der Waals surface area (Å²) in [5.41, 5.74) is 3.41. The maximum absolute atomic E-state index is 5.34. The second kappa shape index (κ2) is 5.76. The highest BCUT2D eigenvalue weighted by molar-refractivity contribution is 7.99. The van der Waals surface area contributed by atoms with E-state index in [1.54, 1.807) is 17.3 Å². The van der Waals surface area contributed by atoms with Gasteiger partial charge in [0.2, 0.25) is 17.1 Å². The minimum Gasteiger partial charge on any atom is -0.347 e. The zero-order chi connectivity index (χ0) is 13.8. The lowest BCUT2D eigenvalue weighted by molar-refractivity contribution is 0.857. The summed E-state index contributed by atoms with van der Waals surface area (Å²) in [6.07, 6.45) is 3.48. The van der Waals surface area contributed by atoms with E-state index >= 15 is 0 Å². The molecule has 0 saturated carbocycles. The van der Waals surface area contributed by atoms with E-state index in [4.69, 9.17) is 5.84 Å². The molecule has 2 aromatic rings. The summed E-state index contributed by atoms with van der Waals surface area (Å²) in [6, 6.07) is 0. The van der Waals surface area contributed by atoms with Crippen LogP contribution in [0.1, 0.15) is 5.56 Å². The van der Waals surface area contributed by atoms with Crippen LogP contribution in [0.25, 0.3) is 0 Å². The maximum Gasteiger partial charge on any atom is 0.242 e. The molecule has 0 aliphatic carbocycles. The first-order valence-corrected chi connectivity index (χ1v) is 6.26. The third-order valence-electron chi connectivity index (χ3n) is 2.07. The number of nitrogen functional groups attached to an aromatic ring is 1. The lowest BCUT2D eigenvalue weighted by atomic mass is 10.4. The highest BCUT2D eigenvalue weighted by atomic mass is 32.2. The topological polar surface area (TPSA) is 106 Å². The van der Waals surface area contributed by atoms with Crippen molar-refractivity contribution in [3.63, 3.8) is 0 Å². The van der Waals surface area contributed by atoms with Gasteiger partial charge in [-0.1, -0.05) is 0 Å². The highest BCUT2D eigenvalue weighted by Crippen LogP contribution is 2.22. The normalized spacial score (nSPS) is 10.3. The molecule has 2 aromatic heterocycles. The molecule has 8 nitrogen and oxygen atoms in total. The first kappa shape index (κ1) is 13.4. The third kappa shape index (κ3) is 3.48. The number of nitrogens with zero attached hydrogens (tertiary/aromatic N) is 6. The molecule has 0 aliphatic rings. The second-order valence-corrected chi connectivity index (χ2v) is 4.86. The monoisotopic (exact) mass is 278 g/mol. The van der Waals surface area contributed by atoms with E-state index in [0.717, 1.165) is 5.56 Å². The van der Waals surface area contributed by atoms with Crippen LogP contribution in [0.4, 0.5) is 11.9 Å². The molecule has 3 N–H and O–H groups in total.